The van der Waals surface area contributed by atoms with Crippen molar-refractivity contribution < 1.29 is 0 Å². The second kappa shape index (κ2) is 10.8. The fraction of sp³-hybridized carbons (Fsp3) is 0. The van der Waals surface area contributed by atoms with Crippen LogP contribution in [0.15, 0.2) is 188 Å². The summed E-state index contributed by atoms with van der Waals surface area (Å²) in [6.07, 6.45) is 0. The molecule has 0 atom stereocenters. The first kappa shape index (κ1) is 28.0. The average Bonchev–Trinajstić information content (AvgIpc) is 3.84. The fourth-order valence-electron chi connectivity index (χ4n) is 8.46. The average molecular weight is 650 g/mol. The van der Waals surface area contributed by atoms with Crippen LogP contribution in [0.5, 0.6) is 0 Å². The Bertz CT molecular complexity index is 3120. The SMILES string of the molecule is c1ccc(-n2c3ccccc3c3ccc(-c4cccc(-n5c6ccccc6c6c5ccc5c7ccccc7n(-c7ccccc7)c56)c4)cc32)cc1. The maximum Gasteiger partial charge on any atom is 0.0641 e. The Kier molecular flexibility index (Phi) is 5.96. The highest BCUT2D eigenvalue weighted by atomic mass is 15.0. The number of hydrogen-bond donors (Lipinski definition) is 0. The van der Waals surface area contributed by atoms with Crippen molar-refractivity contribution in [1.29, 1.82) is 0 Å². The Labute approximate surface area is 294 Å². The molecule has 0 aliphatic rings. The molecule has 0 amide bonds. The number of nitrogens with zero attached hydrogens (tertiary/aromatic N) is 3. The number of rotatable bonds is 4. The summed E-state index contributed by atoms with van der Waals surface area (Å²) in [6, 6.07) is 68.4. The quantitative estimate of drug-likeness (QED) is 0.180. The maximum absolute atomic E-state index is 2.45. The van der Waals surface area contributed by atoms with E-state index in [1.165, 1.54) is 87.9 Å². The molecule has 3 heteroatoms. The molecule has 3 aromatic heterocycles. The molecule has 0 aliphatic carbocycles. The summed E-state index contributed by atoms with van der Waals surface area (Å²) in [5, 5.41) is 7.57. The molecule has 0 aliphatic heterocycles. The molecule has 0 unspecified atom stereocenters. The van der Waals surface area contributed by atoms with Crippen LogP contribution in [0.4, 0.5) is 0 Å². The van der Waals surface area contributed by atoms with Crippen molar-refractivity contribution in [3.8, 4) is 28.2 Å². The minimum Gasteiger partial charge on any atom is -0.309 e. The minimum atomic E-state index is 1.14. The normalized spacial score (nSPS) is 11.9. The van der Waals surface area contributed by atoms with Crippen LogP contribution in [0.3, 0.4) is 0 Å². The van der Waals surface area contributed by atoms with E-state index >= 15 is 0 Å². The van der Waals surface area contributed by atoms with Crippen LogP contribution >= 0.6 is 0 Å². The molecule has 0 saturated carbocycles. The number of benzene rings is 8. The first-order valence-electron chi connectivity index (χ1n) is 17.5. The lowest BCUT2D eigenvalue weighted by Gasteiger charge is -2.12. The molecule has 11 rings (SSSR count). The first-order chi connectivity index (χ1) is 25.3. The summed E-state index contributed by atoms with van der Waals surface area (Å²) in [4.78, 5) is 0. The minimum absolute atomic E-state index is 1.14. The second-order valence-electron chi connectivity index (χ2n) is 13.4. The van der Waals surface area contributed by atoms with Crippen LogP contribution in [0.25, 0.3) is 93.6 Å². The van der Waals surface area contributed by atoms with Crippen molar-refractivity contribution in [2.24, 2.45) is 0 Å². The summed E-state index contributed by atoms with van der Waals surface area (Å²) in [6.45, 7) is 0. The van der Waals surface area contributed by atoms with Gasteiger partial charge in [0, 0.05) is 49.4 Å². The van der Waals surface area contributed by atoms with Crippen molar-refractivity contribution >= 4 is 65.4 Å². The van der Waals surface area contributed by atoms with Gasteiger partial charge in [-0.1, -0.05) is 121 Å². The van der Waals surface area contributed by atoms with E-state index in [1.54, 1.807) is 0 Å². The van der Waals surface area contributed by atoms with Gasteiger partial charge in [0.05, 0.1) is 33.1 Å². The molecule has 11 aromatic rings. The second-order valence-corrected chi connectivity index (χ2v) is 13.4. The van der Waals surface area contributed by atoms with E-state index in [0.29, 0.717) is 0 Å². The third kappa shape index (κ3) is 4.06. The standard InChI is InChI=1S/C48H31N3/c1-3-15-34(16-4-1)49-42-23-10-7-20-37(42)39-27-26-33(31-46(39)49)32-14-13-19-36(30-32)50-44-25-12-9-22-41(44)47-45(50)29-28-40-38-21-8-11-24-43(38)51(48(40)47)35-17-5-2-6-18-35/h1-31H. The molecule has 8 aromatic carbocycles. The van der Waals surface area contributed by atoms with Crippen LogP contribution in [0, 0.1) is 0 Å². The lowest BCUT2D eigenvalue weighted by molar-refractivity contribution is 1.17. The van der Waals surface area contributed by atoms with Gasteiger partial charge in [-0.2, -0.15) is 0 Å². The molecule has 0 saturated heterocycles. The molecule has 51 heavy (non-hydrogen) atoms. The zero-order chi connectivity index (χ0) is 33.5. The number of fused-ring (bicyclic) bond motifs is 10. The smallest absolute Gasteiger partial charge is 0.0641 e. The highest BCUT2D eigenvalue weighted by molar-refractivity contribution is 6.26. The van der Waals surface area contributed by atoms with Crippen LogP contribution in [0.2, 0.25) is 0 Å². The predicted octanol–water partition coefficient (Wildman–Crippen LogP) is 12.6. The van der Waals surface area contributed by atoms with Crippen molar-refractivity contribution in [2.75, 3.05) is 0 Å². The van der Waals surface area contributed by atoms with Gasteiger partial charge < -0.3 is 13.7 Å². The van der Waals surface area contributed by atoms with Gasteiger partial charge >= 0.3 is 0 Å². The van der Waals surface area contributed by atoms with E-state index in [1.807, 2.05) is 0 Å². The number of aromatic nitrogens is 3. The monoisotopic (exact) mass is 649 g/mol. The van der Waals surface area contributed by atoms with Crippen LogP contribution in [-0.4, -0.2) is 13.7 Å². The van der Waals surface area contributed by atoms with Crippen molar-refractivity contribution in [1.82, 2.24) is 13.7 Å². The molecular formula is C48H31N3. The van der Waals surface area contributed by atoms with E-state index < -0.39 is 0 Å². The van der Waals surface area contributed by atoms with Crippen LogP contribution in [-0.2, 0) is 0 Å². The summed E-state index contributed by atoms with van der Waals surface area (Å²) in [5.41, 5.74) is 13.1. The Hall–Kier alpha value is -6.84. The summed E-state index contributed by atoms with van der Waals surface area (Å²) < 4.78 is 7.28. The zero-order valence-corrected chi connectivity index (χ0v) is 27.7. The van der Waals surface area contributed by atoms with Gasteiger partial charge in [-0.25, -0.2) is 0 Å². The predicted molar refractivity (Wildman–Crippen MR) is 215 cm³/mol. The van der Waals surface area contributed by atoms with Crippen molar-refractivity contribution in [3.63, 3.8) is 0 Å². The molecule has 0 fully saturated rings. The molecule has 3 heterocycles. The molecule has 238 valence electrons. The molecule has 0 spiro atoms. The number of para-hydroxylation sites is 5. The molecule has 3 nitrogen and oxygen atoms in total. The van der Waals surface area contributed by atoms with Crippen LogP contribution in [0.1, 0.15) is 0 Å². The van der Waals surface area contributed by atoms with E-state index in [9.17, 15) is 0 Å². The molecule has 0 bridgehead atoms. The van der Waals surface area contributed by atoms with Crippen LogP contribution < -0.4 is 0 Å². The zero-order valence-electron chi connectivity index (χ0n) is 27.7. The van der Waals surface area contributed by atoms with Gasteiger partial charge in [-0.15, -0.1) is 0 Å². The summed E-state index contributed by atoms with van der Waals surface area (Å²) in [7, 11) is 0. The first-order valence-corrected chi connectivity index (χ1v) is 17.5. The van der Waals surface area contributed by atoms with Gasteiger partial charge in [0.2, 0.25) is 0 Å². The van der Waals surface area contributed by atoms with Crippen molar-refractivity contribution in [3.05, 3.63) is 188 Å². The molecular weight excluding hydrogens is 619 g/mol. The molecule has 0 radical (unpaired) electrons. The Balaban J connectivity index is 1.16. The third-order valence-corrected chi connectivity index (χ3v) is 10.6. The van der Waals surface area contributed by atoms with Gasteiger partial charge in [-0.05, 0) is 77.9 Å². The Morgan fingerprint density at radius 1 is 0.255 bits per heavy atom. The lowest BCUT2D eigenvalue weighted by atomic mass is 10.0. The summed E-state index contributed by atoms with van der Waals surface area (Å²) >= 11 is 0. The Morgan fingerprint density at radius 3 is 1.47 bits per heavy atom. The fourth-order valence-corrected chi connectivity index (χ4v) is 8.46. The van der Waals surface area contributed by atoms with E-state index in [0.717, 1.165) is 5.69 Å². The lowest BCUT2D eigenvalue weighted by Crippen LogP contribution is -1.96. The topological polar surface area (TPSA) is 14.8 Å². The van der Waals surface area contributed by atoms with Crippen molar-refractivity contribution in [2.45, 2.75) is 0 Å². The molecule has 0 N–H and O–H groups in total. The highest BCUT2D eigenvalue weighted by Crippen LogP contribution is 2.42. The van der Waals surface area contributed by atoms with Gasteiger partial charge in [0.25, 0.3) is 0 Å². The number of hydrogen-bond acceptors (Lipinski definition) is 0. The van der Waals surface area contributed by atoms with Gasteiger partial charge in [0.15, 0.2) is 0 Å². The van der Waals surface area contributed by atoms with Gasteiger partial charge in [-0.3, -0.25) is 0 Å². The highest BCUT2D eigenvalue weighted by Gasteiger charge is 2.21. The van der Waals surface area contributed by atoms with E-state index in [2.05, 4.69) is 202 Å². The van der Waals surface area contributed by atoms with E-state index in [-0.39, 0.29) is 0 Å². The Morgan fingerprint density at radius 2 is 0.745 bits per heavy atom. The van der Waals surface area contributed by atoms with Gasteiger partial charge in [0.1, 0.15) is 0 Å². The third-order valence-electron chi connectivity index (χ3n) is 10.6. The van der Waals surface area contributed by atoms with E-state index in [4.69, 9.17) is 0 Å². The maximum atomic E-state index is 2.45. The summed E-state index contributed by atoms with van der Waals surface area (Å²) in [5.74, 6) is 0. The largest absolute Gasteiger partial charge is 0.309 e.